The number of tetrazole rings is 1. The van der Waals surface area contributed by atoms with Crippen molar-refractivity contribution in [2.24, 2.45) is 0 Å². The fraction of sp³-hybridized carbons (Fsp3) is 0.348. The standard InChI is InChI=1S/C23H27ClN6O4/c1-23(2,3)25-20(31)13-29(17-9-7-16(24)8-10-17)21(32)14-30-27-22(26-28-30)15-6-11-18(33-4)19(12-15)34-5/h6-12H,13-14H2,1-5H3,(H,25,31). The van der Waals surface area contributed by atoms with E-state index in [9.17, 15) is 9.59 Å². The number of nitrogens with zero attached hydrogens (tertiary/aromatic N) is 5. The molecule has 0 aliphatic rings. The quantitative estimate of drug-likeness (QED) is 0.521. The first-order valence-electron chi connectivity index (χ1n) is 10.5. The summed E-state index contributed by atoms with van der Waals surface area (Å²) in [5.74, 6) is 0.723. The first-order chi connectivity index (χ1) is 16.1. The van der Waals surface area contributed by atoms with Gasteiger partial charge in [0.15, 0.2) is 11.5 Å². The molecule has 0 radical (unpaired) electrons. The third kappa shape index (κ3) is 6.44. The van der Waals surface area contributed by atoms with Gasteiger partial charge in [-0.05, 0) is 68.4 Å². The van der Waals surface area contributed by atoms with Gasteiger partial charge in [-0.25, -0.2) is 0 Å². The van der Waals surface area contributed by atoms with E-state index in [0.717, 1.165) is 0 Å². The molecule has 0 saturated heterocycles. The van der Waals surface area contributed by atoms with Gasteiger partial charge in [0.05, 0.1) is 14.2 Å². The van der Waals surface area contributed by atoms with E-state index >= 15 is 0 Å². The SMILES string of the molecule is COc1ccc(-c2nnn(CC(=O)N(CC(=O)NC(C)(C)C)c3ccc(Cl)cc3)n2)cc1OC. The summed E-state index contributed by atoms with van der Waals surface area (Å²) < 4.78 is 10.6. The molecule has 34 heavy (non-hydrogen) atoms. The molecule has 0 atom stereocenters. The van der Waals surface area contributed by atoms with Crippen LogP contribution in [0.25, 0.3) is 11.4 Å². The predicted octanol–water partition coefficient (Wildman–Crippen LogP) is 2.96. The normalized spacial score (nSPS) is 11.1. The summed E-state index contributed by atoms with van der Waals surface area (Å²) in [6.07, 6.45) is 0. The smallest absolute Gasteiger partial charge is 0.251 e. The lowest BCUT2D eigenvalue weighted by molar-refractivity contribution is -0.125. The van der Waals surface area contributed by atoms with Gasteiger partial charge in [-0.1, -0.05) is 11.6 Å². The van der Waals surface area contributed by atoms with Crippen LogP contribution in [0.3, 0.4) is 0 Å². The van der Waals surface area contributed by atoms with Crippen LogP contribution in [0.2, 0.25) is 5.02 Å². The molecule has 180 valence electrons. The summed E-state index contributed by atoms with van der Waals surface area (Å²) in [5.41, 5.74) is 0.738. The van der Waals surface area contributed by atoms with Crippen molar-refractivity contribution in [2.45, 2.75) is 32.9 Å². The highest BCUT2D eigenvalue weighted by atomic mass is 35.5. The molecule has 1 N–H and O–H groups in total. The predicted molar refractivity (Wildman–Crippen MR) is 128 cm³/mol. The number of halogens is 1. The Kier molecular flexibility index (Phi) is 7.72. The van der Waals surface area contributed by atoms with E-state index in [0.29, 0.717) is 33.6 Å². The van der Waals surface area contributed by atoms with Crippen LogP contribution in [0.5, 0.6) is 11.5 Å². The van der Waals surface area contributed by atoms with Crippen LogP contribution >= 0.6 is 11.6 Å². The molecule has 0 aliphatic carbocycles. The van der Waals surface area contributed by atoms with Gasteiger partial charge >= 0.3 is 0 Å². The fourth-order valence-electron chi connectivity index (χ4n) is 3.15. The van der Waals surface area contributed by atoms with E-state index in [1.807, 2.05) is 20.8 Å². The molecule has 1 aromatic heterocycles. The number of hydrogen-bond donors (Lipinski definition) is 1. The first kappa shape index (κ1) is 25.0. The van der Waals surface area contributed by atoms with Crippen LogP contribution in [0.1, 0.15) is 20.8 Å². The Morgan fingerprint density at radius 2 is 1.74 bits per heavy atom. The Labute approximate surface area is 202 Å². The topological polar surface area (TPSA) is 111 Å². The number of anilines is 1. The van der Waals surface area contributed by atoms with Gasteiger partial charge in [0.1, 0.15) is 13.1 Å². The summed E-state index contributed by atoms with van der Waals surface area (Å²) >= 11 is 5.99. The maximum absolute atomic E-state index is 13.2. The van der Waals surface area contributed by atoms with Crippen LogP contribution in [-0.4, -0.2) is 58.3 Å². The van der Waals surface area contributed by atoms with Crippen molar-refractivity contribution in [2.75, 3.05) is 25.7 Å². The zero-order valence-electron chi connectivity index (χ0n) is 19.7. The second-order valence-electron chi connectivity index (χ2n) is 8.47. The van der Waals surface area contributed by atoms with Crippen LogP contribution in [0.15, 0.2) is 42.5 Å². The fourth-order valence-corrected chi connectivity index (χ4v) is 3.28. The third-order valence-corrected chi connectivity index (χ3v) is 4.88. The molecule has 0 saturated carbocycles. The van der Waals surface area contributed by atoms with Crippen molar-refractivity contribution in [1.29, 1.82) is 0 Å². The monoisotopic (exact) mass is 486 g/mol. The second-order valence-corrected chi connectivity index (χ2v) is 8.90. The number of benzene rings is 2. The summed E-state index contributed by atoms with van der Waals surface area (Å²) in [7, 11) is 3.08. The molecule has 0 unspecified atom stereocenters. The molecule has 11 heteroatoms. The van der Waals surface area contributed by atoms with E-state index < -0.39 is 5.54 Å². The van der Waals surface area contributed by atoms with Gasteiger partial charge in [0, 0.05) is 21.8 Å². The Morgan fingerprint density at radius 1 is 1.06 bits per heavy atom. The molecule has 0 bridgehead atoms. The van der Waals surface area contributed by atoms with E-state index in [1.165, 1.54) is 16.8 Å². The van der Waals surface area contributed by atoms with Crippen molar-refractivity contribution < 1.29 is 19.1 Å². The highest BCUT2D eigenvalue weighted by molar-refractivity contribution is 6.30. The van der Waals surface area contributed by atoms with Gasteiger partial charge in [-0.3, -0.25) is 9.59 Å². The minimum absolute atomic E-state index is 0.172. The van der Waals surface area contributed by atoms with Gasteiger partial charge in [0.2, 0.25) is 11.7 Å². The number of rotatable bonds is 8. The molecule has 0 spiro atoms. The van der Waals surface area contributed by atoms with Crippen molar-refractivity contribution in [3.63, 3.8) is 0 Å². The lowest BCUT2D eigenvalue weighted by Gasteiger charge is -2.26. The minimum atomic E-state index is -0.437. The zero-order chi connectivity index (χ0) is 24.9. The van der Waals surface area contributed by atoms with Crippen LogP contribution in [-0.2, 0) is 16.1 Å². The summed E-state index contributed by atoms with van der Waals surface area (Å²) in [4.78, 5) is 28.3. The average Bonchev–Trinajstić information content (AvgIpc) is 3.24. The summed E-state index contributed by atoms with van der Waals surface area (Å²) in [5, 5.41) is 15.7. The first-order valence-corrected chi connectivity index (χ1v) is 10.8. The molecule has 0 fully saturated rings. The largest absolute Gasteiger partial charge is 0.493 e. The molecule has 3 aromatic rings. The molecule has 10 nitrogen and oxygen atoms in total. The second kappa shape index (κ2) is 10.5. The molecule has 2 amide bonds. The summed E-state index contributed by atoms with van der Waals surface area (Å²) in [6, 6.07) is 11.9. The number of amides is 2. The highest BCUT2D eigenvalue weighted by Gasteiger charge is 2.23. The van der Waals surface area contributed by atoms with E-state index in [4.69, 9.17) is 21.1 Å². The van der Waals surface area contributed by atoms with Gasteiger partial charge in [-0.2, -0.15) is 4.80 Å². The zero-order valence-corrected chi connectivity index (χ0v) is 20.5. The van der Waals surface area contributed by atoms with Gasteiger partial charge in [0.25, 0.3) is 5.91 Å². The van der Waals surface area contributed by atoms with Crippen LogP contribution in [0, 0.1) is 0 Å². The molecule has 2 aromatic carbocycles. The Balaban J connectivity index is 1.81. The van der Waals surface area contributed by atoms with Gasteiger partial charge in [-0.15, -0.1) is 10.2 Å². The molecule has 0 aliphatic heterocycles. The Bertz CT molecular complexity index is 1160. The number of ether oxygens (including phenoxy) is 2. The maximum atomic E-state index is 13.2. The Morgan fingerprint density at radius 3 is 2.35 bits per heavy atom. The average molecular weight is 487 g/mol. The number of aromatic nitrogens is 4. The maximum Gasteiger partial charge on any atom is 0.251 e. The van der Waals surface area contributed by atoms with E-state index in [1.54, 1.807) is 49.6 Å². The number of carbonyl (C=O) groups excluding carboxylic acids is 2. The van der Waals surface area contributed by atoms with E-state index in [-0.39, 0.29) is 24.9 Å². The van der Waals surface area contributed by atoms with Gasteiger partial charge < -0.3 is 19.7 Å². The number of methoxy groups -OCH3 is 2. The molecular formula is C23H27ClN6O4. The lowest BCUT2D eigenvalue weighted by Crippen LogP contribution is -2.48. The molecular weight excluding hydrogens is 460 g/mol. The number of nitrogens with one attached hydrogen (secondary N) is 1. The van der Waals surface area contributed by atoms with Crippen molar-refractivity contribution in [3.8, 4) is 22.9 Å². The van der Waals surface area contributed by atoms with Crippen molar-refractivity contribution in [3.05, 3.63) is 47.5 Å². The number of carbonyl (C=O) groups is 2. The number of hydrogen-bond acceptors (Lipinski definition) is 7. The van der Waals surface area contributed by atoms with Crippen LogP contribution < -0.4 is 19.7 Å². The van der Waals surface area contributed by atoms with Crippen LogP contribution in [0.4, 0.5) is 5.69 Å². The Hall–Kier alpha value is -3.66. The van der Waals surface area contributed by atoms with Crippen molar-refractivity contribution >= 4 is 29.1 Å². The van der Waals surface area contributed by atoms with Crippen molar-refractivity contribution in [1.82, 2.24) is 25.5 Å². The highest BCUT2D eigenvalue weighted by Crippen LogP contribution is 2.30. The molecule has 1 heterocycles. The summed E-state index contributed by atoms with van der Waals surface area (Å²) in [6.45, 7) is 5.22. The lowest BCUT2D eigenvalue weighted by atomic mass is 10.1. The minimum Gasteiger partial charge on any atom is -0.493 e. The van der Waals surface area contributed by atoms with E-state index in [2.05, 4.69) is 20.7 Å². The third-order valence-electron chi connectivity index (χ3n) is 4.63. The molecule has 3 rings (SSSR count).